The van der Waals surface area contributed by atoms with Crippen molar-refractivity contribution in [3.63, 3.8) is 0 Å². The van der Waals surface area contributed by atoms with Crippen molar-refractivity contribution in [1.29, 1.82) is 0 Å². The van der Waals surface area contributed by atoms with E-state index >= 15 is 0 Å². The van der Waals surface area contributed by atoms with Gasteiger partial charge in [0.2, 0.25) is 5.91 Å². The zero-order valence-corrected chi connectivity index (χ0v) is 61.1. The molecule has 3 rings (SSSR count). The molecule has 12 N–H and O–H groups in total. The fourth-order valence-electron chi connectivity index (χ4n) is 13.8. The number of amides is 1. The summed E-state index contributed by atoms with van der Waals surface area (Å²) in [6.07, 6.45) is 44.9. The number of allylic oxidation sites excluding steroid dienone is 3. The average molecular weight is 1390 g/mol. The minimum absolute atomic E-state index is 0.241. The summed E-state index contributed by atoms with van der Waals surface area (Å²) >= 11 is 0. The Hall–Kier alpha value is -1.73. The van der Waals surface area contributed by atoms with Crippen LogP contribution < -0.4 is 5.32 Å². The standard InChI is InChI=1S/C78H147NO18/c1-3-5-7-9-11-13-15-17-19-20-21-22-23-24-25-26-27-28-29-30-31-32-33-34-35-36-37-38-39-40-42-44-46-48-50-52-54-56-66(84)79-61(62(83)55-53-51-49-47-45-43-41-18-16-14-12-10-8-6-4-2)60-92-76-72(90)69(87)74(64(58-81)94-76)97-78-73(91)70(88)75(65(59-82)95-78)96-77-71(89)68(86)67(85)63(57-80)93-77/h45,47,53,55,61-65,67-78,80-83,85-91H,3-44,46,48-52,54,56-60H2,1-2H3,(H,79,84)/b47-45+,55-53+. The highest BCUT2D eigenvalue weighted by atomic mass is 16.8. The fourth-order valence-corrected chi connectivity index (χ4v) is 13.8. The van der Waals surface area contributed by atoms with Crippen LogP contribution in [0.15, 0.2) is 24.3 Å². The topological polar surface area (TPSA) is 307 Å². The number of unbranched alkanes of at least 4 members (excludes halogenated alkanes) is 46. The molecule has 3 heterocycles. The molecule has 97 heavy (non-hydrogen) atoms. The molecule has 3 fully saturated rings. The van der Waals surface area contributed by atoms with Gasteiger partial charge in [-0.15, -0.1) is 0 Å². The summed E-state index contributed by atoms with van der Waals surface area (Å²) in [4.78, 5) is 13.4. The summed E-state index contributed by atoms with van der Waals surface area (Å²) in [5, 5.41) is 121. The normalized spacial score (nSPS) is 27.0. The van der Waals surface area contributed by atoms with Crippen molar-refractivity contribution in [2.75, 3.05) is 26.4 Å². The van der Waals surface area contributed by atoms with E-state index in [9.17, 15) is 61.0 Å². The molecule has 0 spiro atoms. The van der Waals surface area contributed by atoms with Crippen molar-refractivity contribution >= 4 is 5.91 Å². The molecule has 19 nitrogen and oxygen atoms in total. The smallest absolute Gasteiger partial charge is 0.220 e. The molecule has 0 radical (unpaired) electrons. The van der Waals surface area contributed by atoms with Crippen LogP contribution in [-0.2, 0) is 33.2 Å². The van der Waals surface area contributed by atoms with Crippen LogP contribution in [0, 0.1) is 0 Å². The van der Waals surface area contributed by atoms with Crippen LogP contribution in [0.2, 0.25) is 0 Å². The van der Waals surface area contributed by atoms with Crippen molar-refractivity contribution < 1.29 is 89.4 Å². The molecule has 0 aromatic rings. The van der Waals surface area contributed by atoms with E-state index in [1.165, 1.54) is 263 Å². The quantitative estimate of drug-likeness (QED) is 0.0199. The van der Waals surface area contributed by atoms with Crippen LogP contribution in [-0.4, -0.2) is 193 Å². The highest BCUT2D eigenvalue weighted by molar-refractivity contribution is 5.76. The number of rotatable bonds is 64. The van der Waals surface area contributed by atoms with Crippen molar-refractivity contribution in [1.82, 2.24) is 5.32 Å². The van der Waals surface area contributed by atoms with Gasteiger partial charge in [-0.1, -0.05) is 321 Å². The molecule has 1 amide bonds. The number of carbonyl (C=O) groups is 1. The van der Waals surface area contributed by atoms with Gasteiger partial charge in [-0.3, -0.25) is 4.79 Å². The molecule has 0 bridgehead atoms. The number of carbonyl (C=O) groups excluding carboxylic acids is 1. The zero-order chi connectivity index (χ0) is 70.4. The highest BCUT2D eigenvalue weighted by Gasteiger charge is 2.54. The second-order valence-electron chi connectivity index (χ2n) is 28.9. The van der Waals surface area contributed by atoms with Crippen LogP contribution in [0.3, 0.4) is 0 Å². The maximum atomic E-state index is 13.4. The number of hydrogen-bond acceptors (Lipinski definition) is 18. The summed E-state index contributed by atoms with van der Waals surface area (Å²) in [5.41, 5.74) is 0. The number of nitrogens with one attached hydrogen (secondary N) is 1. The molecule has 0 aromatic heterocycles. The van der Waals surface area contributed by atoms with E-state index in [0.717, 1.165) is 38.5 Å². The average Bonchev–Trinajstić information content (AvgIpc) is 0.790. The van der Waals surface area contributed by atoms with E-state index < -0.39 is 124 Å². The summed E-state index contributed by atoms with van der Waals surface area (Å²) in [5.74, 6) is -0.279. The number of ether oxygens (including phenoxy) is 6. The highest BCUT2D eigenvalue weighted by Crippen LogP contribution is 2.33. The van der Waals surface area contributed by atoms with Crippen molar-refractivity contribution in [3.8, 4) is 0 Å². The Bertz CT molecular complexity index is 1850. The molecule has 572 valence electrons. The molecular weight excluding hydrogens is 1240 g/mol. The molecule has 0 aliphatic carbocycles. The summed E-state index contributed by atoms with van der Waals surface area (Å²) in [7, 11) is 0. The van der Waals surface area contributed by atoms with Gasteiger partial charge in [0.25, 0.3) is 0 Å². The van der Waals surface area contributed by atoms with Crippen LogP contribution in [0.4, 0.5) is 0 Å². The molecule has 19 heteroatoms. The number of aliphatic hydroxyl groups excluding tert-OH is 11. The van der Waals surface area contributed by atoms with Crippen LogP contribution >= 0.6 is 0 Å². The Morgan fingerprint density at radius 3 is 1.03 bits per heavy atom. The second-order valence-corrected chi connectivity index (χ2v) is 28.9. The SMILES string of the molecule is CCCCCCCCCCC/C=C/CC/C=C/C(O)C(COC1OC(CO)C(OC2OC(CO)C(OC3OC(CO)C(O)C(O)C3O)C(O)C2O)C(O)C1O)NC(=O)CCCCCCCCCCCCCCCCCCCCCCCCCCCCCCCCCCCCCCC. The predicted molar refractivity (Wildman–Crippen MR) is 383 cm³/mol. The summed E-state index contributed by atoms with van der Waals surface area (Å²) < 4.78 is 34.4. The first-order valence-electron chi connectivity index (χ1n) is 40.1. The number of hydrogen-bond donors (Lipinski definition) is 12. The molecule has 0 saturated carbocycles. The van der Waals surface area contributed by atoms with E-state index in [4.69, 9.17) is 28.4 Å². The summed E-state index contributed by atoms with van der Waals surface area (Å²) in [6, 6.07) is -0.987. The van der Waals surface area contributed by atoms with Crippen molar-refractivity contribution in [3.05, 3.63) is 24.3 Å². The van der Waals surface area contributed by atoms with E-state index in [1.54, 1.807) is 6.08 Å². The maximum absolute atomic E-state index is 13.4. The summed E-state index contributed by atoms with van der Waals surface area (Å²) in [6.45, 7) is 1.75. The monoisotopic (exact) mass is 1390 g/mol. The van der Waals surface area contributed by atoms with Gasteiger partial charge in [0.15, 0.2) is 18.9 Å². The third-order valence-corrected chi connectivity index (χ3v) is 20.3. The van der Waals surface area contributed by atoms with Crippen molar-refractivity contribution in [2.45, 2.75) is 439 Å². The van der Waals surface area contributed by atoms with Gasteiger partial charge in [-0.05, 0) is 32.1 Å². The second kappa shape index (κ2) is 59.6. The largest absolute Gasteiger partial charge is 0.394 e. The maximum Gasteiger partial charge on any atom is 0.220 e. The van der Waals surface area contributed by atoms with Crippen LogP contribution in [0.1, 0.15) is 335 Å². The number of aliphatic hydroxyl groups is 11. The Labute approximate surface area is 588 Å². The molecular formula is C78H147NO18. The van der Waals surface area contributed by atoms with E-state index in [1.807, 2.05) is 6.08 Å². The van der Waals surface area contributed by atoms with Crippen molar-refractivity contribution in [2.24, 2.45) is 0 Å². The minimum Gasteiger partial charge on any atom is -0.394 e. The minimum atomic E-state index is -1.98. The van der Waals surface area contributed by atoms with Gasteiger partial charge in [-0.25, -0.2) is 0 Å². The fraction of sp³-hybridized carbons (Fsp3) is 0.936. The zero-order valence-electron chi connectivity index (χ0n) is 61.1. The van der Waals surface area contributed by atoms with E-state index in [0.29, 0.717) is 12.8 Å². The molecule has 17 atom stereocenters. The molecule has 3 saturated heterocycles. The van der Waals surface area contributed by atoms with Gasteiger partial charge in [-0.2, -0.15) is 0 Å². The van der Waals surface area contributed by atoms with E-state index in [-0.39, 0.29) is 18.9 Å². The lowest BCUT2D eigenvalue weighted by Gasteiger charge is -2.48. The third-order valence-electron chi connectivity index (χ3n) is 20.3. The first-order valence-corrected chi connectivity index (χ1v) is 40.1. The van der Waals surface area contributed by atoms with Gasteiger partial charge in [0, 0.05) is 6.42 Å². The lowest BCUT2D eigenvalue weighted by atomic mass is 9.96. The Balaban J connectivity index is 1.30. The van der Waals surface area contributed by atoms with Gasteiger partial charge in [0.1, 0.15) is 73.2 Å². The van der Waals surface area contributed by atoms with Gasteiger partial charge < -0.3 is 89.9 Å². The van der Waals surface area contributed by atoms with Gasteiger partial charge >= 0.3 is 0 Å². The van der Waals surface area contributed by atoms with Crippen LogP contribution in [0.5, 0.6) is 0 Å². The molecule has 3 aliphatic heterocycles. The third kappa shape index (κ3) is 40.2. The molecule has 0 aromatic carbocycles. The first kappa shape index (κ1) is 89.5. The Morgan fingerprint density at radius 2 is 0.660 bits per heavy atom. The lowest BCUT2D eigenvalue weighted by Crippen LogP contribution is -2.66. The molecule has 17 unspecified atom stereocenters. The predicted octanol–water partition coefficient (Wildman–Crippen LogP) is 13.0. The first-order chi connectivity index (χ1) is 47.3. The van der Waals surface area contributed by atoms with E-state index in [2.05, 4.69) is 31.3 Å². The van der Waals surface area contributed by atoms with Gasteiger partial charge in [0.05, 0.1) is 38.6 Å². The Kier molecular flexibility index (Phi) is 55.0. The lowest BCUT2D eigenvalue weighted by molar-refractivity contribution is -0.379. The Morgan fingerprint density at radius 1 is 0.361 bits per heavy atom. The van der Waals surface area contributed by atoms with Crippen LogP contribution in [0.25, 0.3) is 0 Å². The molecule has 3 aliphatic rings.